The molecule has 1 unspecified atom stereocenters. The number of hydrogen-bond acceptors (Lipinski definition) is 7. The summed E-state index contributed by atoms with van der Waals surface area (Å²) in [5, 5.41) is 13.4. The molecule has 0 radical (unpaired) electrons. The topological polar surface area (TPSA) is 86.8 Å². The number of hydrogen-bond donors (Lipinski definition) is 0. The first-order chi connectivity index (χ1) is 14.3. The van der Waals surface area contributed by atoms with Crippen LogP contribution in [0.5, 0.6) is 0 Å². The average molecular weight is 447 g/mol. The van der Waals surface area contributed by atoms with E-state index in [-0.39, 0.29) is 11.3 Å². The second kappa shape index (κ2) is 8.08. The molecule has 0 fully saturated rings. The van der Waals surface area contributed by atoms with Crippen molar-refractivity contribution in [2.45, 2.75) is 58.7 Å². The van der Waals surface area contributed by atoms with Crippen molar-refractivity contribution >= 4 is 31.3 Å². The maximum atomic E-state index is 6.22. The quantitative estimate of drug-likeness (QED) is 0.306. The van der Waals surface area contributed by atoms with Crippen molar-refractivity contribution in [3.63, 3.8) is 0 Å². The monoisotopic (exact) mass is 446 g/mol. The lowest BCUT2D eigenvalue weighted by atomic mass is 10.1. The Labute approximate surface area is 182 Å². The highest BCUT2D eigenvalue weighted by Gasteiger charge is 2.36. The van der Waals surface area contributed by atoms with E-state index < -0.39 is 8.07 Å². The number of nitrogens with zero attached hydrogens (tertiary/aromatic N) is 8. The van der Waals surface area contributed by atoms with Gasteiger partial charge in [0.25, 0.3) is 0 Å². The van der Waals surface area contributed by atoms with Gasteiger partial charge in [0.05, 0.1) is 11.7 Å². The third kappa shape index (κ3) is 3.99. The number of halogens is 1. The molecule has 0 saturated heterocycles. The smallest absolute Gasteiger partial charge is 0.224 e. The van der Waals surface area contributed by atoms with Gasteiger partial charge in [0.15, 0.2) is 17.5 Å². The number of ether oxygens (including phenoxy) is 1. The van der Waals surface area contributed by atoms with Gasteiger partial charge in [-0.3, -0.25) is 9.47 Å². The Balaban J connectivity index is 1.65. The van der Waals surface area contributed by atoms with Gasteiger partial charge in [0.1, 0.15) is 18.7 Å². The summed E-state index contributed by atoms with van der Waals surface area (Å²) >= 11 is 6.22. The Morgan fingerprint density at radius 3 is 2.77 bits per heavy atom. The minimum absolute atomic E-state index is 0.0680. The fourth-order valence-corrected chi connectivity index (χ4v) is 4.56. The van der Waals surface area contributed by atoms with Crippen LogP contribution in [0.15, 0.2) is 18.6 Å². The van der Waals surface area contributed by atoms with Gasteiger partial charge in [-0.1, -0.05) is 26.6 Å². The van der Waals surface area contributed by atoms with Crippen LogP contribution in [0.1, 0.15) is 30.9 Å². The maximum absolute atomic E-state index is 6.22. The van der Waals surface area contributed by atoms with E-state index in [1.165, 1.54) is 0 Å². The van der Waals surface area contributed by atoms with Gasteiger partial charge >= 0.3 is 0 Å². The van der Waals surface area contributed by atoms with E-state index in [1.54, 1.807) is 11.0 Å². The van der Waals surface area contributed by atoms with Crippen LogP contribution in [0.25, 0.3) is 5.69 Å². The Hall–Kier alpha value is -2.30. The molecule has 4 rings (SSSR count). The summed E-state index contributed by atoms with van der Waals surface area (Å²) in [4.78, 5) is 10.9. The highest BCUT2D eigenvalue weighted by atomic mass is 35.5. The summed E-state index contributed by atoms with van der Waals surface area (Å²) in [6.45, 7) is 12.2. The van der Waals surface area contributed by atoms with E-state index in [0.717, 1.165) is 42.1 Å². The van der Waals surface area contributed by atoms with Crippen LogP contribution < -0.4 is 4.90 Å². The van der Waals surface area contributed by atoms with Gasteiger partial charge < -0.3 is 4.74 Å². The molecule has 9 nitrogen and oxygen atoms in total. The van der Waals surface area contributed by atoms with Crippen molar-refractivity contribution in [3.8, 4) is 5.69 Å². The fourth-order valence-electron chi connectivity index (χ4n) is 3.60. The first-order valence-electron chi connectivity index (χ1n) is 10.1. The summed E-state index contributed by atoms with van der Waals surface area (Å²) in [5.74, 6) is 2.30. The first kappa shape index (κ1) is 20.9. The van der Waals surface area contributed by atoms with E-state index in [2.05, 4.69) is 51.6 Å². The van der Waals surface area contributed by atoms with Crippen LogP contribution in [0.4, 0.5) is 11.6 Å². The van der Waals surface area contributed by atoms with E-state index in [9.17, 15) is 0 Å². The molecule has 0 bridgehead atoms. The highest BCUT2D eigenvalue weighted by Crippen LogP contribution is 2.43. The van der Waals surface area contributed by atoms with Crippen molar-refractivity contribution in [1.82, 2.24) is 34.5 Å². The molecule has 3 aromatic rings. The standard InChI is InChI=1S/C19H27ClN8OSi/c1-6-14-17-24-21-11-27(17)16-13(2)22-19(20)23-18(16)28(14)15-7-8-26(25-15)12-29-9-10-30(3,4)5/h7-8,11,14H,6,9-10,12H2,1-5H3. The molecule has 4 heterocycles. The van der Waals surface area contributed by atoms with Gasteiger partial charge in [-0.2, -0.15) is 10.1 Å². The predicted molar refractivity (Wildman–Crippen MR) is 118 cm³/mol. The van der Waals surface area contributed by atoms with Crippen molar-refractivity contribution in [3.05, 3.63) is 35.4 Å². The second-order valence-corrected chi connectivity index (χ2v) is 14.6. The summed E-state index contributed by atoms with van der Waals surface area (Å²) < 4.78 is 9.60. The molecule has 0 N–H and O–H groups in total. The molecule has 1 atom stereocenters. The van der Waals surface area contributed by atoms with Crippen LogP contribution in [0.2, 0.25) is 31.0 Å². The van der Waals surface area contributed by atoms with Crippen LogP contribution in [0.3, 0.4) is 0 Å². The molecule has 0 saturated carbocycles. The molecule has 0 amide bonds. The molecular weight excluding hydrogens is 420 g/mol. The molecule has 11 heteroatoms. The lowest BCUT2D eigenvalue weighted by Gasteiger charge is -2.35. The molecule has 30 heavy (non-hydrogen) atoms. The zero-order valence-electron chi connectivity index (χ0n) is 18.0. The Morgan fingerprint density at radius 2 is 2.03 bits per heavy atom. The van der Waals surface area contributed by atoms with E-state index in [0.29, 0.717) is 12.5 Å². The molecule has 160 valence electrons. The van der Waals surface area contributed by atoms with Crippen LogP contribution in [-0.4, -0.2) is 49.2 Å². The van der Waals surface area contributed by atoms with Gasteiger partial charge in [0, 0.05) is 26.9 Å². The largest absolute Gasteiger partial charge is 0.360 e. The minimum atomic E-state index is -1.11. The molecule has 1 aliphatic heterocycles. The van der Waals surface area contributed by atoms with Gasteiger partial charge in [-0.15, -0.1) is 10.2 Å². The van der Waals surface area contributed by atoms with Crippen LogP contribution in [0, 0.1) is 6.92 Å². The van der Waals surface area contributed by atoms with Gasteiger partial charge in [0.2, 0.25) is 5.28 Å². The van der Waals surface area contributed by atoms with Crippen LogP contribution >= 0.6 is 11.6 Å². The van der Waals surface area contributed by atoms with Gasteiger partial charge in [-0.25, -0.2) is 9.67 Å². The third-order valence-corrected chi connectivity index (χ3v) is 7.02. The second-order valence-electron chi connectivity index (χ2n) is 8.66. The zero-order chi connectivity index (χ0) is 21.5. The highest BCUT2D eigenvalue weighted by molar-refractivity contribution is 6.76. The molecular formula is C19H27ClN8OSi. The number of fused-ring (bicyclic) bond motifs is 3. The molecule has 0 aliphatic carbocycles. The molecule has 0 aromatic carbocycles. The molecule has 1 aliphatic rings. The summed E-state index contributed by atoms with van der Waals surface area (Å²) in [6, 6.07) is 3.02. The van der Waals surface area contributed by atoms with Crippen molar-refractivity contribution < 1.29 is 4.74 Å². The zero-order valence-corrected chi connectivity index (χ0v) is 19.8. The summed E-state index contributed by atoms with van der Waals surface area (Å²) in [7, 11) is -1.11. The Bertz CT molecular complexity index is 1040. The SMILES string of the molecule is CCC1c2nncn2-c2c(C)nc(Cl)nc2N1c1ccn(COCC[Si](C)(C)C)n1. The van der Waals surface area contributed by atoms with E-state index in [1.807, 2.05) is 23.8 Å². The summed E-state index contributed by atoms with van der Waals surface area (Å²) in [6.07, 6.45) is 4.42. The van der Waals surface area contributed by atoms with Crippen molar-refractivity contribution in [1.29, 1.82) is 0 Å². The Kier molecular flexibility index (Phi) is 5.65. The van der Waals surface area contributed by atoms with E-state index >= 15 is 0 Å². The lowest BCUT2D eigenvalue weighted by Crippen LogP contribution is -2.33. The van der Waals surface area contributed by atoms with Gasteiger partial charge in [-0.05, 0) is 31.0 Å². The average Bonchev–Trinajstić information content (AvgIpc) is 3.32. The normalized spacial score (nSPS) is 15.9. The van der Waals surface area contributed by atoms with Crippen molar-refractivity contribution in [2.75, 3.05) is 11.5 Å². The minimum Gasteiger partial charge on any atom is -0.360 e. The predicted octanol–water partition coefficient (Wildman–Crippen LogP) is 4.13. The molecule has 3 aromatic heterocycles. The van der Waals surface area contributed by atoms with Crippen molar-refractivity contribution in [2.24, 2.45) is 0 Å². The first-order valence-corrected chi connectivity index (χ1v) is 14.2. The third-order valence-electron chi connectivity index (χ3n) is 5.15. The van der Waals surface area contributed by atoms with Crippen LogP contribution in [-0.2, 0) is 11.5 Å². The van der Waals surface area contributed by atoms with E-state index in [4.69, 9.17) is 21.4 Å². The maximum Gasteiger partial charge on any atom is 0.224 e. The number of rotatable bonds is 7. The number of aryl methyl sites for hydroxylation is 1. The lowest BCUT2D eigenvalue weighted by molar-refractivity contribution is 0.0787. The fraction of sp³-hybridized carbons (Fsp3) is 0.526. The summed E-state index contributed by atoms with van der Waals surface area (Å²) in [5.41, 5.74) is 1.59. The Morgan fingerprint density at radius 1 is 1.23 bits per heavy atom. The number of anilines is 2. The molecule has 0 spiro atoms. The number of aromatic nitrogens is 7.